The Morgan fingerprint density at radius 3 is 1.88 bits per heavy atom. The number of hydrogen-bond acceptors (Lipinski definition) is 4. The van der Waals surface area contributed by atoms with E-state index in [1.807, 2.05) is 12.1 Å². The number of phenolic OH excluding ortho intramolecular Hbond substituents is 1. The topological polar surface area (TPSA) is 92.4 Å². The summed E-state index contributed by atoms with van der Waals surface area (Å²) in [6.07, 6.45) is 11.3. The number of hydrogen-bond donors (Lipinski definition) is 3. The third kappa shape index (κ3) is 4.44. The van der Waals surface area contributed by atoms with Crippen molar-refractivity contribution in [3.63, 3.8) is 0 Å². The summed E-state index contributed by atoms with van der Waals surface area (Å²) in [6.45, 7) is 9.57. The molecule has 0 bridgehead atoms. The first-order valence-electron chi connectivity index (χ1n) is 16.5. The van der Waals surface area contributed by atoms with Crippen molar-refractivity contribution < 1.29 is 14.7 Å². The van der Waals surface area contributed by atoms with Gasteiger partial charge in [-0.05, 0) is 133 Å². The van der Waals surface area contributed by atoms with Crippen LogP contribution >= 0.6 is 0 Å². The normalized spacial score (nSPS) is 35.3. The molecule has 2 fully saturated rings. The molecule has 0 aliphatic heterocycles. The van der Waals surface area contributed by atoms with Crippen LogP contribution in [-0.4, -0.2) is 23.5 Å². The lowest BCUT2D eigenvalue weighted by atomic mass is 9.49. The lowest BCUT2D eigenvalue weighted by Gasteiger charge is -2.56. The smallest absolute Gasteiger partial charge is 0.232 e. The molecule has 2 aromatic carbocycles. The maximum Gasteiger partial charge on any atom is 0.232 e. The molecule has 0 heterocycles. The molecule has 2 amide bonds. The molecule has 4 N–H and O–H groups in total. The number of phenols is 1. The van der Waals surface area contributed by atoms with E-state index in [0.29, 0.717) is 6.54 Å². The zero-order chi connectivity index (χ0) is 29.9. The number of carbonyl (C=O) groups is 2. The summed E-state index contributed by atoms with van der Waals surface area (Å²) in [4.78, 5) is 28.6. The van der Waals surface area contributed by atoms with Gasteiger partial charge in [0, 0.05) is 0 Å². The standard InChI is InChI=1S/C37H50N2O3/c1-34-17-6-19-36(3,30(34)15-12-25-10-9-24(8-5-21-38)22-28(25)34)32(41)39-33(42)37(4)20-7-18-35(2)29-23-27(40)14-11-26(29)13-16-31(35)37/h9-11,14,22-23,30-31,40H,5-8,12-13,15-21,38H2,1-4H3,(H,39,41,42)/t30-,31-,34-,35-,36+,37+/m1/s1. The predicted octanol–water partition coefficient (Wildman–Crippen LogP) is 6.65. The highest BCUT2D eigenvalue weighted by molar-refractivity contribution is 6.00. The van der Waals surface area contributed by atoms with Crippen LogP contribution in [0.2, 0.25) is 0 Å². The average molecular weight is 571 g/mol. The minimum atomic E-state index is -0.628. The Bertz CT molecular complexity index is 1400. The molecule has 4 aliphatic rings. The minimum Gasteiger partial charge on any atom is -0.508 e. The van der Waals surface area contributed by atoms with E-state index in [-0.39, 0.29) is 40.2 Å². The molecular weight excluding hydrogens is 520 g/mol. The van der Waals surface area contributed by atoms with E-state index in [0.717, 1.165) is 77.0 Å². The molecule has 0 spiro atoms. The summed E-state index contributed by atoms with van der Waals surface area (Å²) >= 11 is 0. The van der Waals surface area contributed by atoms with Gasteiger partial charge >= 0.3 is 0 Å². The summed E-state index contributed by atoms with van der Waals surface area (Å²) in [5, 5.41) is 13.4. The van der Waals surface area contributed by atoms with Crippen molar-refractivity contribution in [2.45, 2.75) is 116 Å². The van der Waals surface area contributed by atoms with Gasteiger partial charge in [-0.1, -0.05) is 64.8 Å². The predicted molar refractivity (Wildman–Crippen MR) is 167 cm³/mol. The highest BCUT2D eigenvalue weighted by Gasteiger charge is 2.58. The second-order valence-electron chi connectivity index (χ2n) is 15.1. The molecule has 5 nitrogen and oxygen atoms in total. The van der Waals surface area contributed by atoms with Crippen molar-refractivity contribution in [3.05, 3.63) is 64.2 Å². The Kier molecular flexibility index (Phi) is 7.36. The van der Waals surface area contributed by atoms with Gasteiger partial charge in [-0.15, -0.1) is 0 Å². The van der Waals surface area contributed by atoms with E-state index >= 15 is 0 Å². The van der Waals surface area contributed by atoms with Gasteiger partial charge in [0.2, 0.25) is 11.8 Å². The fraction of sp³-hybridized carbons (Fsp3) is 0.622. The van der Waals surface area contributed by atoms with Crippen molar-refractivity contribution >= 4 is 11.8 Å². The highest BCUT2D eigenvalue weighted by atomic mass is 16.3. The summed E-state index contributed by atoms with van der Waals surface area (Å²) in [5.74, 6) is 0.433. The van der Waals surface area contributed by atoms with Crippen molar-refractivity contribution in [3.8, 4) is 5.75 Å². The number of rotatable bonds is 5. The number of aryl methyl sites for hydroxylation is 3. The molecule has 2 saturated carbocycles. The Labute approximate surface area is 252 Å². The first-order valence-corrected chi connectivity index (χ1v) is 16.5. The van der Waals surface area contributed by atoms with Crippen molar-refractivity contribution in [2.24, 2.45) is 28.4 Å². The molecule has 226 valence electrons. The van der Waals surface area contributed by atoms with Crippen molar-refractivity contribution in [2.75, 3.05) is 6.54 Å². The first kappa shape index (κ1) is 29.4. The van der Waals surface area contributed by atoms with Crippen molar-refractivity contribution in [1.82, 2.24) is 5.32 Å². The number of benzene rings is 2. The lowest BCUT2D eigenvalue weighted by Crippen LogP contribution is -2.60. The minimum absolute atomic E-state index is 0.0754. The van der Waals surface area contributed by atoms with Gasteiger partial charge in [0.1, 0.15) is 5.75 Å². The largest absolute Gasteiger partial charge is 0.508 e. The Hall–Kier alpha value is -2.66. The van der Waals surface area contributed by atoms with E-state index in [1.54, 1.807) is 6.07 Å². The molecular formula is C37H50N2O3. The first-order chi connectivity index (χ1) is 20.0. The second kappa shape index (κ2) is 10.5. The van der Waals surface area contributed by atoms with E-state index < -0.39 is 10.8 Å². The summed E-state index contributed by atoms with van der Waals surface area (Å²) < 4.78 is 0. The van der Waals surface area contributed by atoms with Crippen LogP contribution in [0.15, 0.2) is 36.4 Å². The van der Waals surface area contributed by atoms with E-state index in [9.17, 15) is 14.7 Å². The molecule has 4 aliphatic carbocycles. The molecule has 6 rings (SSSR count). The van der Waals surface area contributed by atoms with Crippen LogP contribution < -0.4 is 11.1 Å². The van der Waals surface area contributed by atoms with Gasteiger partial charge in [-0.3, -0.25) is 14.9 Å². The van der Waals surface area contributed by atoms with Crippen LogP contribution in [0.5, 0.6) is 5.75 Å². The Balaban J connectivity index is 1.26. The summed E-state index contributed by atoms with van der Waals surface area (Å²) in [7, 11) is 0. The number of amides is 2. The third-order valence-electron chi connectivity index (χ3n) is 12.7. The van der Waals surface area contributed by atoms with E-state index in [2.05, 4.69) is 51.2 Å². The monoisotopic (exact) mass is 570 g/mol. The number of fused-ring (bicyclic) bond motifs is 6. The zero-order valence-electron chi connectivity index (χ0n) is 26.2. The third-order valence-corrected chi connectivity index (χ3v) is 12.7. The van der Waals surface area contributed by atoms with Gasteiger partial charge < -0.3 is 10.8 Å². The molecule has 42 heavy (non-hydrogen) atoms. The van der Waals surface area contributed by atoms with E-state index in [4.69, 9.17) is 5.73 Å². The number of nitrogens with one attached hydrogen (secondary N) is 1. The van der Waals surface area contributed by atoms with Crippen LogP contribution in [0.4, 0.5) is 0 Å². The van der Waals surface area contributed by atoms with Crippen LogP contribution in [0.3, 0.4) is 0 Å². The summed E-state index contributed by atoms with van der Waals surface area (Å²) in [6, 6.07) is 12.7. The highest BCUT2D eigenvalue weighted by Crippen LogP contribution is 2.59. The average Bonchev–Trinajstić information content (AvgIpc) is 2.96. The summed E-state index contributed by atoms with van der Waals surface area (Å²) in [5.41, 5.74) is 11.0. The molecule has 6 atom stereocenters. The number of imide groups is 1. The molecule has 5 heteroatoms. The molecule has 0 aromatic heterocycles. The van der Waals surface area contributed by atoms with Crippen LogP contribution in [0, 0.1) is 22.7 Å². The van der Waals surface area contributed by atoms with Gasteiger partial charge in [0.15, 0.2) is 0 Å². The van der Waals surface area contributed by atoms with Gasteiger partial charge in [0.05, 0.1) is 10.8 Å². The van der Waals surface area contributed by atoms with Crippen molar-refractivity contribution in [1.29, 1.82) is 0 Å². The maximum absolute atomic E-state index is 14.3. The fourth-order valence-corrected chi connectivity index (χ4v) is 10.3. The number of nitrogens with two attached hydrogens (primary N) is 1. The molecule has 2 aromatic rings. The maximum atomic E-state index is 14.3. The van der Waals surface area contributed by atoms with Gasteiger partial charge in [-0.25, -0.2) is 0 Å². The molecule has 0 unspecified atom stereocenters. The van der Waals surface area contributed by atoms with Crippen LogP contribution in [0.1, 0.15) is 113 Å². The zero-order valence-corrected chi connectivity index (χ0v) is 26.2. The second-order valence-corrected chi connectivity index (χ2v) is 15.1. The number of aromatic hydroxyl groups is 1. The van der Waals surface area contributed by atoms with E-state index in [1.165, 1.54) is 27.8 Å². The molecule has 0 radical (unpaired) electrons. The Morgan fingerprint density at radius 1 is 0.810 bits per heavy atom. The van der Waals surface area contributed by atoms with Crippen LogP contribution in [-0.2, 0) is 39.7 Å². The van der Waals surface area contributed by atoms with Crippen LogP contribution in [0.25, 0.3) is 0 Å². The quantitative estimate of drug-likeness (QED) is 0.351. The SMILES string of the molecule is C[C@]1(C(=O)NC(=O)[C@@]2(C)CCC[C@]3(C)c4cc(CCCN)ccc4CC[C@@H]23)CCC[C@]2(C)c3cc(O)ccc3CC[C@@H]12. The Morgan fingerprint density at radius 2 is 1.33 bits per heavy atom. The van der Waals surface area contributed by atoms with Gasteiger partial charge in [-0.2, -0.15) is 0 Å². The number of carbonyl (C=O) groups excluding carboxylic acids is 2. The molecule has 0 saturated heterocycles. The van der Waals surface area contributed by atoms with Gasteiger partial charge in [0.25, 0.3) is 0 Å². The lowest BCUT2D eigenvalue weighted by molar-refractivity contribution is -0.150. The fourth-order valence-electron chi connectivity index (χ4n) is 10.3.